The van der Waals surface area contributed by atoms with Gasteiger partial charge in [-0.25, -0.2) is 0 Å². The minimum absolute atomic E-state index is 1.08. The molecule has 4 N–H and O–H groups in total. The molecule has 0 amide bonds. The largest absolute Gasteiger partial charge is 0.396 e. The van der Waals surface area contributed by atoms with Crippen LogP contribution in [0.15, 0.2) is 0 Å². The van der Waals surface area contributed by atoms with Crippen molar-refractivity contribution in [3.8, 4) is 0 Å². The van der Waals surface area contributed by atoms with Crippen molar-refractivity contribution < 1.29 is 0 Å². The lowest BCUT2D eigenvalue weighted by Gasteiger charge is -1.91. The number of hydrogen-bond donors (Lipinski definition) is 2. The smallest absolute Gasteiger partial charge is 0.0588 e. The minimum Gasteiger partial charge on any atom is -0.396 e. The van der Waals surface area contributed by atoms with Crippen LogP contribution < -0.4 is 11.6 Å². The molecule has 0 aromatic heterocycles. The van der Waals surface area contributed by atoms with Crippen LogP contribution in [-0.2, 0) is 0 Å². The zero-order chi connectivity index (χ0) is 6.28. The maximum absolute atomic E-state index is 4.94. The SMILES string of the molecule is CN(C)N.NC=S. The highest BCUT2D eigenvalue weighted by Crippen LogP contribution is 1.37. The number of thiocarbonyl (C=S) groups is 1. The van der Waals surface area contributed by atoms with Crippen molar-refractivity contribution in [1.29, 1.82) is 0 Å². The van der Waals surface area contributed by atoms with E-state index >= 15 is 0 Å². The third-order valence-corrected chi connectivity index (χ3v) is 0. The first-order valence-corrected chi connectivity index (χ1v) is 2.19. The minimum atomic E-state index is 1.08. The van der Waals surface area contributed by atoms with Crippen LogP contribution in [0.2, 0.25) is 0 Å². The van der Waals surface area contributed by atoms with Crippen molar-refractivity contribution in [2.24, 2.45) is 11.6 Å². The Morgan fingerprint density at radius 1 is 1.57 bits per heavy atom. The van der Waals surface area contributed by atoms with Crippen LogP contribution in [0.4, 0.5) is 0 Å². The summed E-state index contributed by atoms with van der Waals surface area (Å²) in [6, 6.07) is 0. The van der Waals surface area contributed by atoms with Gasteiger partial charge in [0.1, 0.15) is 0 Å². The molecule has 0 atom stereocenters. The molecule has 0 fully saturated rings. The van der Waals surface area contributed by atoms with Crippen LogP contribution in [0.25, 0.3) is 0 Å². The Kier molecular flexibility index (Phi) is 13.1. The fraction of sp³-hybridized carbons (Fsp3) is 0.667. The average Bonchev–Trinajstić information content (AvgIpc) is 1.33. The number of rotatable bonds is 0. The summed E-state index contributed by atoms with van der Waals surface area (Å²) >= 11 is 4.05. The number of hydrazine groups is 1. The fourth-order valence-corrected chi connectivity index (χ4v) is 0. The fourth-order valence-electron chi connectivity index (χ4n) is 0. The van der Waals surface area contributed by atoms with Gasteiger partial charge in [0.15, 0.2) is 0 Å². The van der Waals surface area contributed by atoms with E-state index in [1.807, 2.05) is 0 Å². The Balaban J connectivity index is 0. The molecule has 0 spiro atoms. The van der Waals surface area contributed by atoms with E-state index < -0.39 is 0 Å². The number of hydrogen-bond acceptors (Lipinski definition) is 3. The van der Waals surface area contributed by atoms with Crippen LogP contribution in [0.3, 0.4) is 0 Å². The molecule has 0 aromatic rings. The van der Waals surface area contributed by atoms with E-state index in [-0.39, 0.29) is 0 Å². The van der Waals surface area contributed by atoms with E-state index in [0.29, 0.717) is 0 Å². The van der Waals surface area contributed by atoms with Gasteiger partial charge in [-0.05, 0) is 0 Å². The summed E-state index contributed by atoms with van der Waals surface area (Å²) in [5.74, 6) is 4.94. The first kappa shape index (κ1) is 9.94. The molecule has 0 radical (unpaired) electrons. The molecule has 44 valence electrons. The van der Waals surface area contributed by atoms with Gasteiger partial charge >= 0.3 is 0 Å². The molecule has 4 heteroatoms. The molecule has 0 rings (SSSR count). The van der Waals surface area contributed by atoms with Gasteiger partial charge in [0.05, 0.1) is 5.49 Å². The lowest BCUT2D eigenvalue weighted by atomic mass is 11.2. The van der Waals surface area contributed by atoms with Crippen LogP contribution in [0.5, 0.6) is 0 Å². The predicted molar refractivity (Wildman–Crippen MR) is 35.7 cm³/mol. The predicted octanol–water partition coefficient (Wildman–Crippen LogP) is -0.676. The van der Waals surface area contributed by atoms with Crippen molar-refractivity contribution in [2.75, 3.05) is 14.1 Å². The third-order valence-electron chi connectivity index (χ3n) is 0. The highest BCUT2D eigenvalue weighted by atomic mass is 32.1. The van der Waals surface area contributed by atoms with E-state index in [1.165, 1.54) is 5.01 Å². The third kappa shape index (κ3) is 2340. The van der Waals surface area contributed by atoms with Gasteiger partial charge in [-0.3, -0.25) is 10.9 Å². The monoisotopic (exact) mass is 121 g/mol. The highest BCUT2D eigenvalue weighted by Gasteiger charge is 1.57. The second kappa shape index (κ2) is 9.26. The molecule has 0 bridgehead atoms. The summed E-state index contributed by atoms with van der Waals surface area (Å²) in [5, 5.41) is 1.50. The first-order chi connectivity index (χ1) is 3.15. The quantitative estimate of drug-likeness (QED) is 0.253. The van der Waals surface area contributed by atoms with E-state index in [4.69, 9.17) is 5.84 Å². The van der Waals surface area contributed by atoms with E-state index in [9.17, 15) is 0 Å². The summed E-state index contributed by atoms with van der Waals surface area (Å²) in [7, 11) is 3.56. The number of nitrogens with two attached hydrogens (primary N) is 2. The van der Waals surface area contributed by atoms with Crippen LogP contribution >= 0.6 is 12.2 Å². The number of nitrogens with zero attached hydrogens (tertiary/aromatic N) is 1. The Morgan fingerprint density at radius 2 is 1.57 bits per heavy atom. The van der Waals surface area contributed by atoms with Gasteiger partial charge in [-0.2, -0.15) is 0 Å². The van der Waals surface area contributed by atoms with Gasteiger partial charge < -0.3 is 5.73 Å². The second-order valence-corrected chi connectivity index (χ2v) is 1.37. The van der Waals surface area contributed by atoms with Gasteiger partial charge in [-0.15, -0.1) is 0 Å². The van der Waals surface area contributed by atoms with E-state index in [0.717, 1.165) is 5.49 Å². The molecular weight excluding hydrogens is 110 g/mol. The summed E-state index contributed by atoms with van der Waals surface area (Å²) in [5.41, 5.74) is 5.62. The Labute approximate surface area is 49.2 Å². The van der Waals surface area contributed by atoms with Gasteiger partial charge in [-0.1, -0.05) is 12.2 Å². The zero-order valence-corrected chi connectivity index (χ0v) is 5.40. The zero-order valence-electron chi connectivity index (χ0n) is 4.59. The van der Waals surface area contributed by atoms with Gasteiger partial charge in [0.2, 0.25) is 0 Å². The molecule has 7 heavy (non-hydrogen) atoms. The van der Waals surface area contributed by atoms with Crippen LogP contribution in [-0.4, -0.2) is 24.6 Å². The molecule has 0 aliphatic rings. The molecule has 3 nitrogen and oxygen atoms in total. The summed E-state index contributed by atoms with van der Waals surface area (Å²) in [6.07, 6.45) is 0. The lowest BCUT2D eigenvalue weighted by Crippen LogP contribution is -2.18. The van der Waals surface area contributed by atoms with Crippen molar-refractivity contribution in [2.45, 2.75) is 0 Å². The highest BCUT2D eigenvalue weighted by molar-refractivity contribution is 7.78. The average molecular weight is 121 g/mol. The maximum atomic E-state index is 4.94. The molecule has 0 aromatic carbocycles. The molecule has 0 aliphatic carbocycles. The molecule has 0 saturated carbocycles. The molecule has 0 saturated heterocycles. The van der Waals surface area contributed by atoms with Crippen molar-refractivity contribution in [3.05, 3.63) is 0 Å². The standard InChI is InChI=1S/C2H8N2.CH3NS/c1-4(2)3;2-1-3/h3H2,1-2H3;1H,(H2,2,3). The molecular formula is C3H11N3S. The molecule has 0 unspecified atom stereocenters. The van der Waals surface area contributed by atoms with Crippen molar-refractivity contribution in [1.82, 2.24) is 5.01 Å². The van der Waals surface area contributed by atoms with Gasteiger partial charge in [0.25, 0.3) is 0 Å². The Hall–Kier alpha value is -0.190. The van der Waals surface area contributed by atoms with Crippen LogP contribution in [0, 0.1) is 0 Å². The van der Waals surface area contributed by atoms with Gasteiger partial charge in [0, 0.05) is 14.1 Å². The summed E-state index contributed by atoms with van der Waals surface area (Å²) in [6.45, 7) is 0. The first-order valence-electron chi connectivity index (χ1n) is 1.72. The van der Waals surface area contributed by atoms with E-state index in [2.05, 4.69) is 18.0 Å². The molecule has 0 heterocycles. The lowest BCUT2D eigenvalue weighted by molar-refractivity contribution is 0.432. The summed E-state index contributed by atoms with van der Waals surface area (Å²) < 4.78 is 0. The second-order valence-electron chi connectivity index (χ2n) is 1.10. The maximum Gasteiger partial charge on any atom is 0.0588 e. The molecule has 0 aliphatic heterocycles. The van der Waals surface area contributed by atoms with Crippen molar-refractivity contribution >= 4 is 17.7 Å². The summed E-state index contributed by atoms with van der Waals surface area (Å²) in [4.78, 5) is 0. The topological polar surface area (TPSA) is 55.3 Å². The van der Waals surface area contributed by atoms with Crippen LogP contribution in [0.1, 0.15) is 0 Å². The van der Waals surface area contributed by atoms with Crippen molar-refractivity contribution in [3.63, 3.8) is 0 Å². The Morgan fingerprint density at radius 3 is 1.57 bits per heavy atom. The van der Waals surface area contributed by atoms with E-state index in [1.54, 1.807) is 14.1 Å². The Bertz CT molecular complexity index is 34.4. The normalized spacial score (nSPS) is 6.86.